The average Bonchev–Trinajstić information content (AvgIpc) is 2.47. The third-order valence-corrected chi connectivity index (χ3v) is 4.26. The molecule has 1 aliphatic carbocycles. The third kappa shape index (κ3) is 3.43. The predicted molar refractivity (Wildman–Crippen MR) is 78.2 cm³/mol. The molecule has 0 spiro atoms. The standard InChI is InChI=1S/C15H26N4/c1-4-11-9-7-8-10-14(11)17-15-16-12(5-2)13(6-3)18-19-15/h11,14H,4-10H2,1-3H3,(H,16,17,19). The third-order valence-electron chi connectivity index (χ3n) is 4.26. The molecule has 0 radical (unpaired) electrons. The molecule has 106 valence electrons. The van der Waals surface area contributed by atoms with Crippen molar-refractivity contribution < 1.29 is 0 Å². The van der Waals surface area contributed by atoms with Gasteiger partial charge in [0.15, 0.2) is 0 Å². The molecule has 2 rings (SSSR count). The number of nitrogens with one attached hydrogen (secondary N) is 1. The largest absolute Gasteiger partial charge is 0.350 e. The van der Waals surface area contributed by atoms with Crippen molar-refractivity contribution in [1.82, 2.24) is 15.2 Å². The zero-order chi connectivity index (χ0) is 13.7. The first-order valence-electron chi connectivity index (χ1n) is 7.77. The summed E-state index contributed by atoms with van der Waals surface area (Å²) in [6, 6.07) is 0.526. The van der Waals surface area contributed by atoms with E-state index in [0.717, 1.165) is 36.1 Å². The lowest BCUT2D eigenvalue weighted by atomic mass is 9.83. The van der Waals surface area contributed by atoms with Crippen molar-refractivity contribution in [3.05, 3.63) is 11.4 Å². The molecule has 0 aliphatic heterocycles. The van der Waals surface area contributed by atoms with Crippen molar-refractivity contribution in [2.45, 2.75) is 71.8 Å². The maximum absolute atomic E-state index is 4.64. The predicted octanol–water partition coefficient (Wildman–Crippen LogP) is 3.38. The maximum atomic E-state index is 4.64. The summed E-state index contributed by atoms with van der Waals surface area (Å²) in [6.07, 6.45) is 8.31. The molecule has 0 bridgehead atoms. The van der Waals surface area contributed by atoms with E-state index in [-0.39, 0.29) is 0 Å². The smallest absolute Gasteiger partial charge is 0.243 e. The van der Waals surface area contributed by atoms with Crippen LogP contribution in [-0.2, 0) is 12.8 Å². The van der Waals surface area contributed by atoms with Crippen LogP contribution >= 0.6 is 0 Å². The van der Waals surface area contributed by atoms with E-state index in [1.165, 1.54) is 32.1 Å². The van der Waals surface area contributed by atoms with E-state index in [2.05, 4.69) is 41.3 Å². The summed E-state index contributed by atoms with van der Waals surface area (Å²) in [5.74, 6) is 1.48. The molecule has 1 aliphatic rings. The van der Waals surface area contributed by atoms with Crippen LogP contribution in [-0.4, -0.2) is 21.2 Å². The SMILES string of the molecule is CCc1nnc(NC2CCCCC2CC)nc1CC. The summed E-state index contributed by atoms with van der Waals surface area (Å²) < 4.78 is 0. The summed E-state index contributed by atoms with van der Waals surface area (Å²) in [6.45, 7) is 6.51. The van der Waals surface area contributed by atoms with Gasteiger partial charge in [0.25, 0.3) is 0 Å². The molecule has 19 heavy (non-hydrogen) atoms. The second-order valence-corrected chi connectivity index (χ2v) is 5.44. The minimum atomic E-state index is 0.526. The second kappa shape index (κ2) is 6.83. The topological polar surface area (TPSA) is 50.7 Å². The molecule has 1 fully saturated rings. The number of anilines is 1. The fourth-order valence-electron chi connectivity index (χ4n) is 3.05. The number of nitrogens with zero attached hydrogens (tertiary/aromatic N) is 3. The van der Waals surface area contributed by atoms with E-state index in [4.69, 9.17) is 0 Å². The van der Waals surface area contributed by atoms with Crippen molar-refractivity contribution in [3.63, 3.8) is 0 Å². The van der Waals surface area contributed by atoms with Gasteiger partial charge < -0.3 is 5.32 Å². The Labute approximate surface area is 116 Å². The molecule has 4 heteroatoms. The van der Waals surface area contributed by atoms with Gasteiger partial charge in [-0.2, -0.15) is 5.10 Å². The Morgan fingerprint density at radius 2 is 1.74 bits per heavy atom. The van der Waals surface area contributed by atoms with Gasteiger partial charge in [0.05, 0.1) is 11.4 Å². The van der Waals surface area contributed by atoms with E-state index < -0.39 is 0 Å². The molecule has 1 heterocycles. The normalized spacial score (nSPS) is 23.3. The van der Waals surface area contributed by atoms with Gasteiger partial charge in [-0.3, -0.25) is 0 Å². The first-order chi connectivity index (χ1) is 9.28. The van der Waals surface area contributed by atoms with Crippen molar-refractivity contribution in [2.24, 2.45) is 5.92 Å². The average molecular weight is 262 g/mol. The number of aromatic nitrogens is 3. The summed E-state index contributed by atoms with van der Waals surface area (Å²) in [4.78, 5) is 4.64. The fourth-order valence-corrected chi connectivity index (χ4v) is 3.05. The van der Waals surface area contributed by atoms with Gasteiger partial charge in [-0.1, -0.05) is 40.0 Å². The van der Waals surface area contributed by atoms with E-state index in [1.54, 1.807) is 0 Å². The lowest BCUT2D eigenvalue weighted by Crippen LogP contribution is -2.32. The fraction of sp³-hybridized carbons (Fsp3) is 0.800. The highest BCUT2D eigenvalue weighted by Crippen LogP contribution is 2.28. The van der Waals surface area contributed by atoms with Crippen molar-refractivity contribution >= 4 is 5.95 Å². The van der Waals surface area contributed by atoms with Crippen LogP contribution in [0.25, 0.3) is 0 Å². The van der Waals surface area contributed by atoms with Crippen molar-refractivity contribution in [3.8, 4) is 0 Å². The lowest BCUT2D eigenvalue weighted by molar-refractivity contribution is 0.316. The maximum Gasteiger partial charge on any atom is 0.243 e. The number of hydrogen-bond acceptors (Lipinski definition) is 4. The van der Waals surface area contributed by atoms with Gasteiger partial charge >= 0.3 is 0 Å². The highest BCUT2D eigenvalue weighted by molar-refractivity contribution is 5.27. The van der Waals surface area contributed by atoms with Gasteiger partial charge in [0.1, 0.15) is 0 Å². The molecule has 4 nitrogen and oxygen atoms in total. The summed E-state index contributed by atoms with van der Waals surface area (Å²) in [7, 11) is 0. The Morgan fingerprint density at radius 3 is 2.42 bits per heavy atom. The molecular formula is C15H26N4. The summed E-state index contributed by atoms with van der Waals surface area (Å²) in [5.41, 5.74) is 2.12. The molecular weight excluding hydrogens is 236 g/mol. The number of rotatable bonds is 5. The summed E-state index contributed by atoms with van der Waals surface area (Å²) in [5, 5.41) is 12.1. The quantitative estimate of drug-likeness (QED) is 0.884. The highest BCUT2D eigenvalue weighted by atomic mass is 15.2. The Hall–Kier alpha value is -1.19. The van der Waals surface area contributed by atoms with Crippen LogP contribution in [0.15, 0.2) is 0 Å². The Balaban J connectivity index is 2.09. The highest BCUT2D eigenvalue weighted by Gasteiger charge is 2.24. The van der Waals surface area contributed by atoms with Gasteiger partial charge in [0, 0.05) is 6.04 Å². The van der Waals surface area contributed by atoms with E-state index >= 15 is 0 Å². The Kier molecular flexibility index (Phi) is 5.11. The van der Waals surface area contributed by atoms with Crippen LogP contribution in [0.2, 0.25) is 0 Å². The molecule has 1 N–H and O–H groups in total. The van der Waals surface area contributed by atoms with Crippen LogP contribution in [0.3, 0.4) is 0 Å². The van der Waals surface area contributed by atoms with Gasteiger partial charge in [0.2, 0.25) is 5.95 Å². The summed E-state index contributed by atoms with van der Waals surface area (Å²) >= 11 is 0. The number of hydrogen-bond donors (Lipinski definition) is 1. The first-order valence-corrected chi connectivity index (χ1v) is 7.77. The van der Waals surface area contributed by atoms with Crippen LogP contribution in [0.4, 0.5) is 5.95 Å². The monoisotopic (exact) mass is 262 g/mol. The van der Waals surface area contributed by atoms with Gasteiger partial charge in [-0.15, -0.1) is 5.10 Å². The van der Waals surface area contributed by atoms with Crippen molar-refractivity contribution in [1.29, 1.82) is 0 Å². The molecule has 0 saturated heterocycles. The van der Waals surface area contributed by atoms with Crippen LogP contribution < -0.4 is 5.32 Å². The molecule has 0 amide bonds. The zero-order valence-electron chi connectivity index (χ0n) is 12.4. The van der Waals surface area contributed by atoms with E-state index in [0.29, 0.717) is 6.04 Å². The minimum absolute atomic E-state index is 0.526. The molecule has 1 aromatic heterocycles. The zero-order valence-corrected chi connectivity index (χ0v) is 12.4. The molecule has 0 aromatic carbocycles. The van der Waals surface area contributed by atoms with Gasteiger partial charge in [-0.25, -0.2) is 4.98 Å². The minimum Gasteiger partial charge on any atom is -0.350 e. The molecule has 2 unspecified atom stereocenters. The van der Waals surface area contributed by atoms with E-state index in [1.807, 2.05) is 0 Å². The lowest BCUT2D eigenvalue weighted by Gasteiger charge is -2.31. The number of aryl methyl sites for hydroxylation is 2. The van der Waals surface area contributed by atoms with E-state index in [9.17, 15) is 0 Å². The van der Waals surface area contributed by atoms with Crippen LogP contribution in [0, 0.1) is 5.92 Å². The Bertz CT molecular complexity index is 405. The van der Waals surface area contributed by atoms with Crippen molar-refractivity contribution in [2.75, 3.05) is 5.32 Å². The first kappa shape index (κ1) is 14.2. The van der Waals surface area contributed by atoms with Gasteiger partial charge in [-0.05, 0) is 31.6 Å². The molecule has 2 atom stereocenters. The molecule has 1 aromatic rings. The molecule has 1 saturated carbocycles. The van der Waals surface area contributed by atoms with Crippen LogP contribution in [0.5, 0.6) is 0 Å². The van der Waals surface area contributed by atoms with Crippen LogP contribution in [0.1, 0.15) is 64.3 Å². The second-order valence-electron chi connectivity index (χ2n) is 5.44. The Morgan fingerprint density at radius 1 is 1.00 bits per heavy atom.